The first-order valence-corrected chi connectivity index (χ1v) is 9.29. The summed E-state index contributed by atoms with van der Waals surface area (Å²) in [6.07, 6.45) is -0.422. The van der Waals surface area contributed by atoms with Crippen molar-refractivity contribution in [2.24, 2.45) is 0 Å². The molecule has 0 radical (unpaired) electrons. The molecule has 148 valence electrons. The number of rotatable bonds is 5. The summed E-state index contributed by atoms with van der Waals surface area (Å²) in [6, 6.07) is 15.5. The number of benzene rings is 2. The zero-order valence-corrected chi connectivity index (χ0v) is 16.2. The maximum atomic E-state index is 12.9. The lowest BCUT2D eigenvalue weighted by Gasteiger charge is -2.26. The number of carbonyl (C=O) groups excluding carboxylic acids is 3. The predicted molar refractivity (Wildman–Crippen MR) is 107 cm³/mol. The van der Waals surface area contributed by atoms with Gasteiger partial charge >= 0.3 is 5.97 Å². The van der Waals surface area contributed by atoms with Crippen molar-refractivity contribution in [3.05, 3.63) is 59.7 Å². The molecule has 0 spiro atoms. The van der Waals surface area contributed by atoms with Crippen LogP contribution in [-0.4, -0.2) is 29.9 Å². The summed E-state index contributed by atoms with van der Waals surface area (Å²) in [7, 11) is 0. The highest BCUT2D eigenvalue weighted by atomic mass is 16.5. The van der Waals surface area contributed by atoms with Crippen LogP contribution in [0.2, 0.25) is 0 Å². The number of nitrogens with one attached hydrogen (secondary N) is 1. The van der Waals surface area contributed by atoms with Gasteiger partial charge in [0.15, 0.2) is 6.10 Å². The van der Waals surface area contributed by atoms with Gasteiger partial charge in [-0.3, -0.25) is 9.59 Å². The van der Waals surface area contributed by atoms with Crippen LogP contribution in [-0.2, 0) is 20.7 Å². The van der Waals surface area contributed by atoms with E-state index >= 15 is 0 Å². The van der Waals surface area contributed by atoms with Gasteiger partial charge in [-0.15, -0.1) is 0 Å². The number of hydrogen-bond donors (Lipinski definition) is 1. The molecule has 0 aliphatic carbocycles. The van der Waals surface area contributed by atoms with Gasteiger partial charge in [0.2, 0.25) is 5.91 Å². The molecule has 0 aromatic heterocycles. The summed E-state index contributed by atoms with van der Waals surface area (Å²) in [5, 5.41) is 11.1. The number of nitriles is 1. The summed E-state index contributed by atoms with van der Waals surface area (Å²) in [4.78, 5) is 38.4. The summed E-state index contributed by atoms with van der Waals surface area (Å²) >= 11 is 0. The molecule has 1 heterocycles. The highest BCUT2D eigenvalue weighted by Gasteiger charge is 2.34. The normalized spacial score (nSPS) is 15.8. The average Bonchev–Trinajstić information content (AvgIpc) is 3.03. The van der Waals surface area contributed by atoms with Gasteiger partial charge in [-0.1, -0.05) is 18.2 Å². The van der Waals surface area contributed by atoms with Crippen molar-refractivity contribution in [1.82, 2.24) is 0 Å². The van der Waals surface area contributed by atoms with Gasteiger partial charge < -0.3 is 15.0 Å². The zero-order valence-electron chi connectivity index (χ0n) is 16.2. The van der Waals surface area contributed by atoms with E-state index in [1.165, 1.54) is 24.3 Å². The third kappa shape index (κ3) is 4.43. The number of hydrogen-bond acceptors (Lipinski definition) is 5. The van der Waals surface area contributed by atoms with Gasteiger partial charge in [0, 0.05) is 17.4 Å². The van der Waals surface area contributed by atoms with E-state index in [2.05, 4.69) is 5.32 Å². The Morgan fingerprint density at radius 2 is 1.90 bits per heavy atom. The Kier molecular flexibility index (Phi) is 5.93. The number of anilines is 2. The van der Waals surface area contributed by atoms with Crippen LogP contribution in [0.25, 0.3) is 0 Å². The molecule has 0 fully saturated rings. The van der Waals surface area contributed by atoms with E-state index in [-0.39, 0.29) is 23.9 Å². The van der Waals surface area contributed by atoms with Crippen LogP contribution in [0.4, 0.5) is 11.4 Å². The van der Waals surface area contributed by atoms with Crippen LogP contribution < -0.4 is 10.2 Å². The highest BCUT2D eigenvalue weighted by Crippen LogP contribution is 2.32. The topological polar surface area (TPSA) is 99.5 Å². The fourth-order valence-electron chi connectivity index (χ4n) is 3.34. The molecule has 2 amide bonds. The van der Waals surface area contributed by atoms with Crippen molar-refractivity contribution in [1.29, 1.82) is 5.26 Å². The van der Waals surface area contributed by atoms with Gasteiger partial charge in [0.25, 0.3) is 5.91 Å². The number of nitrogens with zero attached hydrogens (tertiary/aromatic N) is 2. The van der Waals surface area contributed by atoms with Crippen LogP contribution in [0, 0.1) is 11.3 Å². The van der Waals surface area contributed by atoms with Crippen molar-refractivity contribution in [2.75, 3.05) is 10.2 Å². The fourth-order valence-corrected chi connectivity index (χ4v) is 3.34. The van der Waals surface area contributed by atoms with E-state index < -0.39 is 18.0 Å². The number of amides is 2. The summed E-state index contributed by atoms with van der Waals surface area (Å²) < 4.78 is 5.37. The Morgan fingerprint density at radius 1 is 1.21 bits per heavy atom. The largest absolute Gasteiger partial charge is 0.449 e. The van der Waals surface area contributed by atoms with Gasteiger partial charge in [-0.05, 0) is 56.2 Å². The average molecular weight is 391 g/mol. The molecule has 2 atom stereocenters. The quantitative estimate of drug-likeness (QED) is 0.790. The number of carbonyl (C=O) groups is 3. The van der Waals surface area contributed by atoms with Crippen LogP contribution >= 0.6 is 0 Å². The summed E-state index contributed by atoms with van der Waals surface area (Å²) in [5.74, 6) is -1.32. The fraction of sp³-hybridized carbons (Fsp3) is 0.273. The minimum atomic E-state index is -0.939. The van der Waals surface area contributed by atoms with Gasteiger partial charge in [-0.25, -0.2) is 4.79 Å². The molecule has 0 saturated heterocycles. The van der Waals surface area contributed by atoms with Crippen LogP contribution in [0.1, 0.15) is 36.2 Å². The van der Waals surface area contributed by atoms with Crippen LogP contribution in [0.5, 0.6) is 0 Å². The second-order valence-electron chi connectivity index (χ2n) is 6.90. The van der Waals surface area contributed by atoms with Crippen LogP contribution in [0.3, 0.4) is 0 Å². The summed E-state index contributed by atoms with van der Waals surface area (Å²) in [6.45, 7) is 3.52. The smallest absolute Gasteiger partial charge is 0.338 e. The Balaban J connectivity index is 1.64. The van der Waals surface area contributed by atoms with Gasteiger partial charge in [0.1, 0.15) is 6.42 Å². The lowest BCUT2D eigenvalue weighted by Crippen LogP contribution is -2.43. The van der Waals surface area contributed by atoms with Crippen molar-refractivity contribution >= 4 is 29.2 Å². The Morgan fingerprint density at radius 3 is 2.59 bits per heavy atom. The molecule has 2 aromatic carbocycles. The highest BCUT2D eigenvalue weighted by molar-refractivity contribution is 6.01. The first kappa shape index (κ1) is 20.1. The molecule has 7 nitrogen and oxygen atoms in total. The van der Waals surface area contributed by atoms with Crippen molar-refractivity contribution < 1.29 is 19.1 Å². The molecule has 3 rings (SSSR count). The molecule has 1 N–H and O–H groups in total. The molecule has 2 unspecified atom stereocenters. The molecule has 0 saturated carbocycles. The minimum Gasteiger partial charge on any atom is -0.449 e. The van der Waals surface area contributed by atoms with E-state index in [4.69, 9.17) is 10.00 Å². The monoisotopic (exact) mass is 391 g/mol. The van der Waals surface area contributed by atoms with E-state index in [0.29, 0.717) is 5.69 Å². The molecule has 7 heteroatoms. The number of para-hydroxylation sites is 1. The van der Waals surface area contributed by atoms with E-state index in [9.17, 15) is 14.4 Å². The molecule has 0 bridgehead atoms. The Labute approximate surface area is 168 Å². The SMILES string of the molecule is CC(OC(=O)c1ccc(NC(=O)CC#N)cc1)C(=O)N1c2ccccc2CC1C. The summed E-state index contributed by atoms with van der Waals surface area (Å²) in [5.41, 5.74) is 2.68. The Hall–Kier alpha value is -3.66. The van der Waals surface area contributed by atoms with Crippen molar-refractivity contribution in [2.45, 2.75) is 38.8 Å². The van der Waals surface area contributed by atoms with E-state index in [0.717, 1.165) is 17.7 Å². The molecule has 1 aliphatic heterocycles. The van der Waals surface area contributed by atoms with Gasteiger partial charge in [0.05, 0.1) is 11.6 Å². The second-order valence-corrected chi connectivity index (χ2v) is 6.90. The molecule has 2 aromatic rings. The molecule has 29 heavy (non-hydrogen) atoms. The van der Waals surface area contributed by atoms with Crippen LogP contribution in [0.15, 0.2) is 48.5 Å². The lowest BCUT2D eigenvalue weighted by atomic mass is 10.1. The maximum Gasteiger partial charge on any atom is 0.338 e. The Bertz CT molecular complexity index is 978. The van der Waals surface area contributed by atoms with Crippen molar-refractivity contribution in [3.8, 4) is 6.07 Å². The first-order valence-electron chi connectivity index (χ1n) is 9.29. The number of esters is 1. The predicted octanol–water partition coefficient (Wildman–Crippen LogP) is 3.06. The minimum absolute atomic E-state index is 0.00245. The molecular formula is C22H21N3O4. The third-order valence-corrected chi connectivity index (χ3v) is 4.72. The maximum absolute atomic E-state index is 12.9. The zero-order chi connectivity index (χ0) is 21.0. The van der Waals surface area contributed by atoms with Crippen molar-refractivity contribution in [3.63, 3.8) is 0 Å². The van der Waals surface area contributed by atoms with Gasteiger partial charge in [-0.2, -0.15) is 5.26 Å². The molecule has 1 aliphatic rings. The number of ether oxygens (including phenoxy) is 1. The molecular weight excluding hydrogens is 370 g/mol. The first-order chi connectivity index (χ1) is 13.9. The third-order valence-electron chi connectivity index (χ3n) is 4.72. The van der Waals surface area contributed by atoms with E-state index in [1.807, 2.05) is 31.2 Å². The second kappa shape index (κ2) is 8.57. The standard InChI is InChI=1S/C22H21N3O4/c1-14-13-17-5-3-4-6-19(17)25(14)21(27)15(2)29-22(28)16-7-9-18(10-8-16)24-20(26)11-12-23/h3-10,14-15H,11,13H2,1-2H3,(H,24,26). The van der Waals surface area contributed by atoms with E-state index in [1.54, 1.807) is 17.9 Å². The number of fused-ring (bicyclic) bond motifs is 1. The lowest BCUT2D eigenvalue weighted by molar-refractivity contribution is -0.126.